The van der Waals surface area contributed by atoms with Gasteiger partial charge in [0.1, 0.15) is 0 Å². The SMILES string of the molecule is CC(C)C(=O)Nc1ccc(Cl)c(N=C2NC(=O)/C(=C/c3ccc4ncccc4c3)S2)c1. The maximum Gasteiger partial charge on any atom is 0.264 e. The number of anilines is 1. The van der Waals surface area contributed by atoms with Gasteiger partial charge in [-0.25, -0.2) is 4.99 Å². The van der Waals surface area contributed by atoms with Gasteiger partial charge in [-0.05, 0) is 59.8 Å². The van der Waals surface area contributed by atoms with Gasteiger partial charge in [0.05, 0.1) is 21.1 Å². The van der Waals surface area contributed by atoms with E-state index in [2.05, 4.69) is 20.6 Å². The summed E-state index contributed by atoms with van der Waals surface area (Å²) in [5.74, 6) is -0.468. The molecule has 0 bridgehead atoms. The van der Waals surface area contributed by atoms with Crippen LogP contribution in [-0.2, 0) is 9.59 Å². The second-order valence-electron chi connectivity index (χ2n) is 7.25. The van der Waals surface area contributed by atoms with E-state index in [4.69, 9.17) is 11.6 Å². The van der Waals surface area contributed by atoms with E-state index in [1.807, 2.05) is 50.3 Å². The molecular weight excluding hydrogens is 432 g/mol. The molecule has 1 aliphatic rings. The molecule has 2 N–H and O–H groups in total. The van der Waals surface area contributed by atoms with Gasteiger partial charge in [0.25, 0.3) is 5.91 Å². The molecule has 1 aliphatic heterocycles. The number of carbonyl (C=O) groups excluding carboxylic acids is 2. The first-order valence-corrected chi connectivity index (χ1v) is 10.8. The van der Waals surface area contributed by atoms with Gasteiger partial charge in [0.2, 0.25) is 5.91 Å². The zero-order chi connectivity index (χ0) is 22.0. The fraction of sp³-hybridized carbons (Fsp3) is 0.130. The lowest BCUT2D eigenvalue weighted by Gasteiger charge is -2.09. The van der Waals surface area contributed by atoms with Crippen molar-refractivity contribution in [3.8, 4) is 0 Å². The summed E-state index contributed by atoms with van der Waals surface area (Å²) in [6.45, 7) is 3.63. The normalized spacial score (nSPS) is 16.3. The van der Waals surface area contributed by atoms with Crippen molar-refractivity contribution < 1.29 is 9.59 Å². The summed E-state index contributed by atoms with van der Waals surface area (Å²) >= 11 is 7.51. The minimum atomic E-state index is -0.226. The summed E-state index contributed by atoms with van der Waals surface area (Å²) in [5, 5.41) is 7.43. The number of nitrogens with one attached hydrogen (secondary N) is 2. The quantitative estimate of drug-likeness (QED) is 0.523. The zero-order valence-corrected chi connectivity index (χ0v) is 18.4. The van der Waals surface area contributed by atoms with Crippen LogP contribution in [0.25, 0.3) is 17.0 Å². The molecule has 8 heteroatoms. The van der Waals surface area contributed by atoms with Gasteiger partial charge in [0.15, 0.2) is 5.17 Å². The molecule has 1 fully saturated rings. The molecule has 0 spiro atoms. The third kappa shape index (κ3) is 4.95. The summed E-state index contributed by atoms with van der Waals surface area (Å²) in [6, 6.07) is 14.7. The first-order valence-electron chi connectivity index (χ1n) is 9.64. The molecule has 0 aliphatic carbocycles. The number of carbonyl (C=O) groups is 2. The molecule has 31 heavy (non-hydrogen) atoms. The average molecular weight is 451 g/mol. The minimum Gasteiger partial charge on any atom is -0.326 e. The monoisotopic (exact) mass is 450 g/mol. The molecule has 4 rings (SSSR count). The lowest BCUT2D eigenvalue weighted by molar-refractivity contribution is -0.119. The number of aliphatic imine (C=N–C) groups is 1. The minimum absolute atomic E-state index is 0.0970. The maximum absolute atomic E-state index is 12.4. The van der Waals surface area contributed by atoms with E-state index in [-0.39, 0.29) is 17.7 Å². The molecule has 2 amide bonds. The standard InChI is InChI=1S/C23H19ClN4O2S/c1-13(2)21(29)26-16-6-7-17(24)19(12-16)27-23-28-22(30)20(31-23)11-14-5-8-18-15(10-14)4-3-9-25-18/h3-13H,1-2H3,(H,26,29)(H,27,28,30)/b20-11-. The van der Waals surface area contributed by atoms with Crippen molar-refractivity contribution in [2.75, 3.05) is 5.32 Å². The molecule has 0 atom stereocenters. The first kappa shape index (κ1) is 21.1. The highest BCUT2D eigenvalue weighted by Crippen LogP contribution is 2.33. The van der Waals surface area contributed by atoms with E-state index in [1.165, 1.54) is 11.8 Å². The van der Waals surface area contributed by atoms with E-state index in [1.54, 1.807) is 24.4 Å². The summed E-state index contributed by atoms with van der Waals surface area (Å²) in [4.78, 5) is 33.7. The molecule has 156 valence electrons. The Balaban J connectivity index is 1.57. The lowest BCUT2D eigenvalue weighted by Crippen LogP contribution is -2.19. The second kappa shape index (κ2) is 8.91. The van der Waals surface area contributed by atoms with Gasteiger partial charge in [0, 0.05) is 23.2 Å². The van der Waals surface area contributed by atoms with Gasteiger partial charge < -0.3 is 10.6 Å². The van der Waals surface area contributed by atoms with Gasteiger partial charge in [-0.1, -0.05) is 37.6 Å². The highest BCUT2D eigenvalue weighted by Gasteiger charge is 2.24. The predicted molar refractivity (Wildman–Crippen MR) is 127 cm³/mol. The van der Waals surface area contributed by atoms with Crippen molar-refractivity contribution in [1.29, 1.82) is 0 Å². The van der Waals surface area contributed by atoms with Crippen LogP contribution >= 0.6 is 23.4 Å². The zero-order valence-electron chi connectivity index (χ0n) is 16.8. The van der Waals surface area contributed by atoms with Crippen LogP contribution in [0, 0.1) is 5.92 Å². The molecular formula is C23H19ClN4O2S. The molecule has 6 nitrogen and oxygen atoms in total. The Hall–Kier alpha value is -3.16. The van der Waals surface area contributed by atoms with Crippen LogP contribution in [0.2, 0.25) is 5.02 Å². The number of benzene rings is 2. The van der Waals surface area contributed by atoms with Crippen molar-refractivity contribution in [3.63, 3.8) is 0 Å². The highest BCUT2D eigenvalue weighted by molar-refractivity contribution is 8.18. The van der Waals surface area contributed by atoms with E-state index in [0.717, 1.165) is 16.5 Å². The number of pyridine rings is 1. The number of nitrogens with zero attached hydrogens (tertiary/aromatic N) is 2. The van der Waals surface area contributed by atoms with Crippen LogP contribution in [0.4, 0.5) is 11.4 Å². The number of aromatic nitrogens is 1. The van der Waals surface area contributed by atoms with Crippen molar-refractivity contribution in [2.24, 2.45) is 10.9 Å². The Kier molecular flexibility index (Phi) is 6.06. The Morgan fingerprint density at radius 1 is 1.23 bits per heavy atom. The average Bonchev–Trinajstić information content (AvgIpc) is 3.09. The second-order valence-corrected chi connectivity index (χ2v) is 8.69. The maximum atomic E-state index is 12.4. The van der Waals surface area contributed by atoms with E-state index in [0.29, 0.717) is 26.5 Å². The van der Waals surface area contributed by atoms with Crippen molar-refractivity contribution in [2.45, 2.75) is 13.8 Å². The molecule has 0 saturated carbocycles. The van der Waals surface area contributed by atoms with Gasteiger partial charge in [-0.2, -0.15) is 0 Å². The molecule has 1 aromatic heterocycles. The number of fused-ring (bicyclic) bond motifs is 1. The van der Waals surface area contributed by atoms with Crippen LogP contribution in [0.15, 0.2) is 64.6 Å². The Morgan fingerprint density at radius 3 is 2.87 bits per heavy atom. The Bertz CT molecular complexity index is 1250. The fourth-order valence-electron chi connectivity index (χ4n) is 2.89. The molecule has 1 saturated heterocycles. The fourth-order valence-corrected chi connectivity index (χ4v) is 3.88. The summed E-state index contributed by atoms with van der Waals surface area (Å²) in [7, 11) is 0. The molecule has 2 heterocycles. The van der Waals surface area contributed by atoms with Crippen LogP contribution in [0.1, 0.15) is 19.4 Å². The van der Waals surface area contributed by atoms with Gasteiger partial charge >= 0.3 is 0 Å². The molecule has 2 aromatic carbocycles. The number of halogens is 1. The molecule has 3 aromatic rings. The molecule has 0 unspecified atom stereocenters. The van der Waals surface area contributed by atoms with Crippen LogP contribution < -0.4 is 10.6 Å². The van der Waals surface area contributed by atoms with Crippen LogP contribution in [-0.4, -0.2) is 22.0 Å². The third-order valence-electron chi connectivity index (χ3n) is 4.54. The van der Waals surface area contributed by atoms with Crippen molar-refractivity contribution in [1.82, 2.24) is 10.3 Å². The largest absolute Gasteiger partial charge is 0.326 e. The topological polar surface area (TPSA) is 83.5 Å². The number of amidine groups is 1. The summed E-state index contributed by atoms with van der Waals surface area (Å²) < 4.78 is 0. The lowest BCUT2D eigenvalue weighted by atomic mass is 10.1. The van der Waals surface area contributed by atoms with E-state index in [9.17, 15) is 9.59 Å². The van der Waals surface area contributed by atoms with E-state index < -0.39 is 0 Å². The Labute approximate surface area is 188 Å². The van der Waals surface area contributed by atoms with Crippen LogP contribution in [0.3, 0.4) is 0 Å². The smallest absolute Gasteiger partial charge is 0.264 e. The number of rotatable bonds is 4. The van der Waals surface area contributed by atoms with E-state index >= 15 is 0 Å². The third-order valence-corrected chi connectivity index (χ3v) is 5.77. The summed E-state index contributed by atoms with van der Waals surface area (Å²) in [6.07, 6.45) is 3.56. The summed E-state index contributed by atoms with van der Waals surface area (Å²) in [5.41, 5.74) is 2.85. The number of thioether (sulfide) groups is 1. The predicted octanol–water partition coefficient (Wildman–Crippen LogP) is 5.37. The first-order chi connectivity index (χ1) is 14.9. The van der Waals surface area contributed by atoms with Gasteiger partial charge in [-0.3, -0.25) is 14.6 Å². The Morgan fingerprint density at radius 2 is 2.06 bits per heavy atom. The number of amides is 2. The number of hydrogen-bond donors (Lipinski definition) is 2. The highest BCUT2D eigenvalue weighted by atomic mass is 35.5. The number of hydrogen-bond acceptors (Lipinski definition) is 5. The van der Waals surface area contributed by atoms with Crippen molar-refractivity contribution >= 4 is 68.7 Å². The van der Waals surface area contributed by atoms with Gasteiger partial charge in [-0.15, -0.1) is 0 Å². The van der Waals surface area contributed by atoms with Crippen LogP contribution in [0.5, 0.6) is 0 Å². The molecule has 0 radical (unpaired) electrons. The van der Waals surface area contributed by atoms with Crippen molar-refractivity contribution in [3.05, 3.63) is 70.2 Å².